The van der Waals surface area contributed by atoms with Gasteiger partial charge in [-0.3, -0.25) is 0 Å². The fourth-order valence-electron chi connectivity index (χ4n) is 2.45. The molecule has 108 valence electrons. The average molecular weight is 304 g/mol. The summed E-state index contributed by atoms with van der Waals surface area (Å²) in [7, 11) is 0. The van der Waals surface area contributed by atoms with Gasteiger partial charge in [0.15, 0.2) is 0 Å². The number of fused-ring (bicyclic) bond motifs is 1. The minimum Gasteiger partial charge on any atom is -0.324 e. The van der Waals surface area contributed by atoms with Crippen molar-refractivity contribution in [3.63, 3.8) is 0 Å². The number of halogens is 2. The molecule has 5 heteroatoms. The second-order valence-electron chi connectivity index (χ2n) is 5.06. The van der Waals surface area contributed by atoms with Crippen molar-refractivity contribution in [3.05, 3.63) is 58.9 Å². The van der Waals surface area contributed by atoms with Crippen molar-refractivity contribution < 1.29 is 4.39 Å². The minimum atomic E-state index is -0.290. The molecule has 0 unspecified atom stereocenters. The Hall–Kier alpha value is -1.91. The zero-order valence-electron chi connectivity index (χ0n) is 11.6. The van der Waals surface area contributed by atoms with Gasteiger partial charge in [0.25, 0.3) is 0 Å². The Morgan fingerprint density at radius 2 is 2.05 bits per heavy atom. The van der Waals surface area contributed by atoms with Gasteiger partial charge < -0.3 is 10.6 Å². The van der Waals surface area contributed by atoms with Crippen LogP contribution in [0.4, 0.5) is 15.8 Å². The molecule has 0 aliphatic carbocycles. The summed E-state index contributed by atoms with van der Waals surface area (Å²) in [6.45, 7) is 2.39. The van der Waals surface area contributed by atoms with E-state index in [2.05, 4.69) is 4.99 Å². The van der Waals surface area contributed by atoms with Crippen molar-refractivity contribution in [2.75, 3.05) is 4.90 Å². The van der Waals surface area contributed by atoms with Crippen LogP contribution in [0.3, 0.4) is 0 Å². The van der Waals surface area contributed by atoms with E-state index in [1.54, 1.807) is 6.07 Å². The van der Waals surface area contributed by atoms with Crippen molar-refractivity contribution in [1.29, 1.82) is 0 Å². The highest BCUT2D eigenvalue weighted by Crippen LogP contribution is 2.34. The summed E-state index contributed by atoms with van der Waals surface area (Å²) in [5.74, 6) is 0.414. The SMILES string of the molecule is C[C@H](N)C1=Nc2cccc(Cl)c2CN1c1cccc(F)c1. The molecule has 1 atom stereocenters. The zero-order valence-corrected chi connectivity index (χ0v) is 12.3. The van der Waals surface area contributed by atoms with Gasteiger partial charge in [0.1, 0.15) is 11.7 Å². The van der Waals surface area contributed by atoms with Crippen LogP contribution in [0.5, 0.6) is 0 Å². The van der Waals surface area contributed by atoms with Gasteiger partial charge in [-0.2, -0.15) is 0 Å². The summed E-state index contributed by atoms with van der Waals surface area (Å²) < 4.78 is 13.5. The molecule has 1 aliphatic heterocycles. The summed E-state index contributed by atoms with van der Waals surface area (Å²) >= 11 is 6.25. The maximum absolute atomic E-state index is 13.5. The van der Waals surface area contributed by atoms with Crippen LogP contribution in [0.15, 0.2) is 47.5 Å². The number of aliphatic imine (C=N–C) groups is 1. The summed E-state index contributed by atoms with van der Waals surface area (Å²) in [5.41, 5.74) is 8.49. The second kappa shape index (κ2) is 5.47. The molecule has 0 bridgehead atoms. The summed E-state index contributed by atoms with van der Waals surface area (Å²) in [6, 6.07) is 11.7. The molecule has 1 aliphatic rings. The van der Waals surface area contributed by atoms with E-state index >= 15 is 0 Å². The summed E-state index contributed by atoms with van der Waals surface area (Å²) in [6.07, 6.45) is 0. The molecule has 2 N–H and O–H groups in total. The van der Waals surface area contributed by atoms with E-state index in [4.69, 9.17) is 17.3 Å². The predicted molar refractivity (Wildman–Crippen MR) is 84.8 cm³/mol. The lowest BCUT2D eigenvalue weighted by molar-refractivity contribution is 0.627. The van der Waals surface area contributed by atoms with E-state index in [9.17, 15) is 4.39 Å². The summed E-state index contributed by atoms with van der Waals surface area (Å²) in [4.78, 5) is 6.51. The van der Waals surface area contributed by atoms with E-state index in [0.717, 1.165) is 16.9 Å². The Kier molecular flexibility index (Phi) is 3.66. The van der Waals surface area contributed by atoms with Crippen LogP contribution >= 0.6 is 11.6 Å². The number of anilines is 1. The molecule has 0 saturated heterocycles. The smallest absolute Gasteiger partial charge is 0.126 e. The molecule has 0 saturated carbocycles. The first-order valence-corrected chi connectivity index (χ1v) is 7.08. The summed E-state index contributed by atoms with van der Waals surface area (Å²) in [5, 5.41) is 0.654. The Morgan fingerprint density at radius 1 is 1.29 bits per heavy atom. The van der Waals surface area contributed by atoms with Crippen LogP contribution < -0.4 is 10.6 Å². The Labute approximate surface area is 127 Å². The van der Waals surface area contributed by atoms with Gasteiger partial charge in [-0.05, 0) is 37.3 Å². The van der Waals surface area contributed by atoms with Gasteiger partial charge in [-0.15, -0.1) is 0 Å². The molecule has 0 fully saturated rings. The average Bonchev–Trinajstić information content (AvgIpc) is 2.46. The highest BCUT2D eigenvalue weighted by atomic mass is 35.5. The lowest BCUT2D eigenvalue weighted by Gasteiger charge is -2.32. The first-order valence-electron chi connectivity index (χ1n) is 6.71. The van der Waals surface area contributed by atoms with Gasteiger partial charge in [0.2, 0.25) is 0 Å². The maximum Gasteiger partial charge on any atom is 0.126 e. The third-order valence-electron chi connectivity index (χ3n) is 3.45. The van der Waals surface area contributed by atoms with Crippen molar-refractivity contribution in [2.45, 2.75) is 19.5 Å². The minimum absolute atomic E-state index is 0.264. The number of amidine groups is 1. The number of nitrogens with zero attached hydrogens (tertiary/aromatic N) is 2. The molecule has 2 aromatic carbocycles. The molecule has 21 heavy (non-hydrogen) atoms. The van der Waals surface area contributed by atoms with Crippen molar-refractivity contribution in [2.24, 2.45) is 10.7 Å². The monoisotopic (exact) mass is 303 g/mol. The molecule has 3 rings (SSSR count). The third kappa shape index (κ3) is 2.64. The molecule has 0 spiro atoms. The largest absolute Gasteiger partial charge is 0.324 e. The highest BCUT2D eigenvalue weighted by molar-refractivity contribution is 6.32. The van der Waals surface area contributed by atoms with Crippen LogP contribution in [-0.2, 0) is 6.54 Å². The molecule has 1 heterocycles. The van der Waals surface area contributed by atoms with Crippen molar-refractivity contribution in [3.8, 4) is 0 Å². The van der Waals surface area contributed by atoms with E-state index in [0.29, 0.717) is 17.4 Å². The number of benzene rings is 2. The molecule has 0 amide bonds. The maximum atomic E-state index is 13.5. The number of rotatable bonds is 2. The number of hydrogen-bond donors (Lipinski definition) is 1. The van der Waals surface area contributed by atoms with Crippen LogP contribution in [-0.4, -0.2) is 11.9 Å². The number of nitrogens with two attached hydrogens (primary N) is 1. The first kappa shape index (κ1) is 14.0. The lowest BCUT2D eigenvalue weighted by atomic mass is 10.1. The van der Waals surface area contributed by atoms with Gasteiger partial charge in [0, 0.05) is 16.3 Å². The fourth-order valence-corrected chi connectivity index (χ4v) is 2.68. The second-order valence-corrected chi connectivity index (χ2v) is 5.47. The first-order chi connectivity index (χ1) is 10.1. The molecular weight excluding hydrogens is 289 g/mol. The Morgan fingerprint density at radius 3 is 2.76 bits per heavy atom. The van der Waals surface area contributed by atoms with Crippen LogP contribution in [0.25, 0.3) is 0 Å². The van der Waals surface area contributed by atoms with E-state index < -0.39 is 0 Å². The van der Waals surface area contributed by atoms with Gasteiger partial charge >= 0.3 is 0 Å². The van der Waals surface area contributed by atoms with Crippen molar-refractivity contribution >= 4 is 28.8 Å². The zero-order chi connectivity index (χ0) is 15.0. The van der Waals surface area contributed by atoms with Crippen LogP contribution in [0.1, 0.15) is 12.5 Å². The van der Waals surface area contributed by atoms with E-state index in [1.807, 2.05) is 36.1 Å². The third-order valence-corrected chi connectivity index (χ3v) is 3.80. The normalized spacial score (nSPS) is 15.4. The molecule has 0 aromatic heterocycles. The van der Waals surface area contributed by atoms with E-state index in [1.165, 1.54) is 12.1 Å². The Balaban J connectivity index is 2.12. The van der Waals surface area contributed by atoms with Gasteiger partial charge in [-0.1, -0.05) is 23.7 Å². The highest BCUT2D eigenvalue weighted by Gasteiger charge is 2.25. The van der Waals surface area contributed by atoms with Crippen molar-refractivity contribution in [1.82, 2.24) is 0 Å². The molecule has 0 radical (unpaired) electrons. The van der Waals surface area contributed by atoms with E-state index in [-0.39, 0.29) is 11.9 Å². The Bertz CT molecular complexity index is 712. The lowest BCUT2D eigenvalue weighted by Crippen LogP contribution is -2.43. The molecular formula is C16H15ClFN3. The van der Waals surface area contributed by atoms with Gasteiger partial charge in [-0.25, -0.2) is 9.38 Å². The predicted octanol–water partition coefficient (Wildman–Crippen LogP) is 3.88. The standard InChI is InChI=1S/C16H15ClFN3/c1-10(19)16-20-15-7-3-6-14(17)13(15)9-21(16)12-5-2-4-11(18)8-12/h2-8,10H,9,19H2,1H3/t10-/m0/s1. The topological polar surface area (TPSA) is 41.6 Å². The molecule has 2 aromatic rings. The number of hydrogen-bond acceptors (Lipinski definition) is 3. The fraction of sp³-hybridized carbons (Fsp3) is 0.188. The van der Waals surface area contributed by atoms with Crippen LogP contribution in [0, 0.1) is 5.82 Å². The van der Waals surface area contributed by atoms with Gasteiger partial charge in [0.05, 0.1) is 18.3 Å². The molecule has 3 nitrogen and oxygen atoms in total. The van der Waals surface area contributed by atoms with Crippen LogP contribution in [0.2, 0.25) is 5.02 Å². The quantitative estimate of drug-likeness (QED) is 0.915.